The highest BCUT2D eigenvalue weighted by Gasteiger charge is 2.20. The molecular formula is C20H23ClN4O2. The van der Waals surface area contributed by atoms with Crippen LogP contribution in [0.5, 0.6) is 5.75 Å². The van der Waals surface area contributed by atoms with Crippen LogP contribution in [0.4, 0.5) is 0 Å². The highest BCUT2D eigenvalue weighted by molar-refractivity contribution is 6.33. The molecule has 0 bridgehead atoms. The van der Waals surface area contributed by atoms with E-state index < -0.39 is 5.43 Å². The summed E-state index contributed by atoms with van der Waals surface area (Å²) < 4.78 is 1.83. The van der Waals surface area contributed by atoms with Crippen LogP contribution >= 0.6 is 11.6 Å². The zero-order valence-corrected chi connectivity index (χ0v) is 16.1. The Morgan fingerprint density at radius 3 is 2.67 bits per heavy atom. The summed E-state index contributed by atoms with van der Waals surface area (Å²) in [6, 6.07) is 7.15. The van der Waals surface area contributed by atoms with Crippen molar-refractivity contribution < 1.29 is 5.11 Å². The van der Waals surface area contributed by atoms with Gasteiger partial charge in [-0.05, 0) is 38.9 Å². The van der Waals surface area contributed by atoms with E-state index in [1.165, 1.54) is 19.3 Å². The average molecular weight is 387 g/mol. The molecule has 0 spiro atoms. The van der Waals surface area contributed by atoms with Gasteiger partial charge in [-0.2, -0.15) is 5.10 Å². The minimum Gasteiger partial charge on any atom is -0.503 e. The minimum atomic E-state index is -0.416. The Morgan fingerprint density at radius 2 is 1.93 bits per heavy atom. The second-order valence-electron chi connectivity index (χ2n) is 7.09. The number of pyridine rings is 1. The Labute approximate surface area is 162 Å². The van der Waals surface area contributed by atoms with Crippen molar-refractivity contribution in [3.63, 3.8) is 0 Å². The molecule has 1 aliphatic rings. The molecule has 2 N–H and O–H groups in total. The Morgan fingerprint density at radius 1 is 1.19 bits per heavy atom. The standard InChI is InChI=1S/C20H23ClN4O2/c1-13-16-18(26)19(27)17(14-7-3-4-8-15(14)21)22-20(16)25(23-13)12-11-24-9-5-2-6-10-24/h3-4,7-8,27H,2,5-6,9-12H2,1H3,(H,22,26). The summed E-state index contributed by atoms with van der Waals surface area (Å²) in [5.74, 6) is -0.325. The molecule has 0 aliphatic carbocycles. The van der Waals surface area contributed by atoms with Gasteiger partial charge >= 0.3 is 0 Å². The monoisotopic (exact) mass is 386 g/mol. The van der Waals surface area contributed by atoms with Crippen LogP contribution in [-0.2, 0) is 6.54 Å². The van der Waals surface area contributed by atoms with Gasteiger partial charge in [0.1, 0.15) is 5.65 Å². The van der Waals surface area contributed by atoms with Crippen LogP contribution in [0.2, 0.25) is 5.02 Å². The number of hydrogen-bond acceptors (Lipinski definition) is 4. The predicted molar refractivity (Wildman–Crippen MR) is 107 cm³/mol. The zero-order chi connectivity index (χ0) is 19.0. The number of H-pyrrole nitrogens is 1. The maximum absolute atomic E-state index is 12.8. The van der Waals surface area contributed by atoms with Gasteiger partial charge in [-0.1, -0.05) is 36.2 Å². The lowest BCUT2D eigenvalue weighted by Gasteiger charge is -2.26. The molecule has 0 unspecified atom stereocenters. The molecule has 4 rings (SSSR count). The smallest absolute Gasteiger partial charge is 0.235 e. The molecule has 27 heavy (non-hydrogen) atoms. The maximum atomic E-state index is 12.8. The van der Waals surface area contributed by atoms with Crippen molar-refractivity contribution >= 4 is 22.6 Å². The summed E-state index contributed by atoms with van der Waals surface area (Å²) >= 11 is 6.28. The first-order valence-electron chi connectivity index (χ1n) is 9.36. The van der Waals surface area contributed by atoms with E-state index in [1.807, 2.05) is 16.8 Å². The van der Waals surface area contributed by atoms with Gasteiger partial charge in [-0.25, -0.2) is 4.68 Å². The molecule has 1 aromatic carbocycles. The quantitative estimate of drug-likeness (QED) is 0.719. The first-order valence-corrected chi connectivity index (χ1v) is 9.73. The van der Waals surface area contributed by atoms with Crippen molar-refractivity contribution in [1.82, 2.24) is 19.7 Å². The van der Waals surface area contributed by atoms with Crippen molar-refractivity contribution in [3.8, 4) is 17.0 Å². The molecule has 3 heterocycles. The first-order chi connectivity index (χ1) is 13.1. The molecule has 142 valence electrons. The number of aromatic amines is 1. The third-order valence-corrected chi connectivity index (χ3v) is 5.60. The number of aromatic hydroxyl groups is 1. The lowest BCUT2D eigenvalue weighted by Crippen LogP contribution is -2.32. The highest BCUT2D eigenvalue weighted by Crippen LogP contribution is 2.32. The molecule has 3 aromatic rings. The number of rotatable bonds is 4. The van der Waals surface area contributed by atoms with E-state index >= 15 is 0 Å². The van der Waals surface area contributed by atoms with Crippen LogP contribution in [0.15, 0.2) is 29.1 Å². The van der Waals surface area contributed by atoms with Gasteiger partial charge in [-0.3, -0.25) is 4.79 Å². The Bertz CT molecular complexity index is 1030. The van der Waals surface area contributed by atoms with Gasteiger partial charge in [0, 0.05) is 12.1 Å². The number of hydrogen-bond donors (Lipinski definition) is 2. The molecule has 7 heteroatoms. The van der Waals surface area contributed by atoms with Gasteiger partial charge in [0.2, 0.25) is 5.43 Å². The summed E-state index contributed by atoms with van der Waals surface area (Å²) in [5.41, 5.74) is 1.75. The maximum Gasteiger partial charge on any atom is 0.235 e. The number of aromatic nitrogens is 3. The van der Waals surface area contributed by atoms with Crippen LogP contribution < -0.4 is 5.43 Å². The van der Waals surface area contributed by atoms with Crippen LogP contribution in [-0.4, -0.2) is 44.4 Å². The summed E-state index contributed by atoms with van der Waals surface area (Å²) in [6.07, 6.45) is 3.77. The van der Waals surface area contributed by atoms with Gasteiger partial charge in [0.05, 0.1) is 28.3 Å². The Balaban J connectivity index is 1.77. The summed E-state index contributed by atoms with van der Waals surface area (Å²) in [5, 5.41) is 15.9. The van der Waals surface area contributed by atoms with E-state index in [4.69, 9.17) is 11.6 Å². The van der Waals surface area contributed by atoms with Crippen molar-refractivity contribution in [2.75, 3.05) is 19.6 Å². The van der Waals surface area contributed by atoms with Crippen molar-refractivity contribution in [2.45, 2.75) is 32.7 Å². The fourth-order valence-corrected chi connectivity index (χ4v) is 4.06. The number of nitrogens with one attached hydrogen (secondary N) is 1. The lowest BCUT2D eigenvalue weighted by atomic mass is 10.1. The molecule has 1 fully saturated rings. The fraction of sp³-hybridized carbons (Fsp3) is 0.400. The van der Waals surface area contributed by atoms with Crippen molar-refractivity contribution in [2.24, 2.45) is 0 Å². The van der Waals surface area contributed by atoms with E-state index in [1.54, 1.807) is 19.1 Å². The number of benzene rings is 1. The number of fused-ring (bicyclic) bond motifs is 1. The molecule has 0 amide bonds. The predicted octanol–water partition coefficient (Wildman–Crippen LogP) is 3.54. The van der Waals surface area contributed by atoms with Crippen LogP contribution in [0.25, 0.3) is 22.3 Å². The molecular weight excluding hydrogens is 364 g/mol. The van der Waals surface area contributed by atoms with Gasteiger partial charge in [-0.15, -0.1) is 0 Å². The van der Waals surface area contributed by atoms with E-state index in [0.717, 1.165) is 19.6 Å². The molecule has 2 aromatic heterocycles. The number of piperidine rings is 1. The number of likely N-dealkylation sites (tertiary alicyclic amines) is 1. The molecule has 0 saturated carbocycles. The minimum absolute atomic E-state index is 0.325. The topological polar surface area (TPSA) is 74.2 Å². The number of nitrogens with zero attached hydrogens (tertiary/aromatic N) is 3. The van der Waals surface area contributed by atoms with E-state index in [0.29, 0.717) is 39.6 Å². The van der Waals surface area contributed by atoms with E-state index in [9.17, 15) is 9.90 Å². The fourth-order valence-electron chi connectivity index (χ4n) is 3.83. The van der Waals surface area contributed by atoms with Gasteiger partial charge in [0.25, 0.3) is 0 Å². The van der Waals surface area contributed by atoms with E-state index in [-0.39, 0.29) is 5.75 Å². The Kier molecular flexibility index (Phi) is 4.93. The third-order valence-electron chi connectivity index (χ3n) is 5.27. The summed E-state index contributed by atoms with van der Waals surface area (Å²) in [4.78, 5) is 18.4. The normalized spacial score (nSPS) is 15.5. The zero-order valence-electron chi connectivity index (χ0n) is 15.3. The third kappa shape index (κ3) is 3.35. The second kappa shape index (κ2) is 7.37. The highest BCUT2D eigenvalue weighted by atomic mass is 35.5. The molecule has 1 saturated heterocycles. The SMILES string of the molecule is Cc1nn(CCN2CCCCC2)c2[nH]c(-c3ccccc3Cl)c(O)c(=O)c12. The van der Waals surface area contributed by atoms with Crippen molar-refractivity contribution in [3.05, 3.63) is 45.2 Å². The summed E-state index contributed by atoms with van der Waals surface area (Å²) in [7, 11) is 0. The molecule has 0 atom stereocenters. The van der Waals surface area contributed by atoms with Crippen LogP contribution in [0.1, 0.15) is 25.0 Å². The lowest BCUT2D eigenvalue weighted by molar-refractivity contribution is 0.218. The Hall–Kier alpha value is -2.31. The van der Waals surface area contributed by atoms with Crippen LogP contribution in [0, 0.1) is 6.92 Å². The average Bonchev–Trinajstić information content (AvgIpc) is 3.00. The number of aryl methyl sites for hydroxylation is 1. The van der Waals surface area contributed by atoms with Gasteiger partial charge in [0.15, 0.2) is 5.75 Å². The largest absolute Gasteiger partial charge is 0.503 e. The van der Waals surface area contributed by atoms with Gasteiger partial charge < -0.3 is 15.0 Å². The van der Waals surface area contributed by atoms with Crippen LogP contribution in [0.3, 0.4) is 0 Å². The van der Waals surface area contributed by atoms with Crippen molar-refractivity contribution in [1.29, 1.82) is 0 Å². The first kappa shape index (κ1) is 18.1. The summed E-state index contributed by atoms with van der Waals surface area (Å²) in [6.45, 7) is 5.60. The number of halogens is 1. The second-order valence-corrected chi connectivity index (χ2v) is 7.50. The van der Waals surface area contributed by atoms with E-state index in [2.05, 4.69) is 15.0 Å². The molecule has 6 nitrogen and oxygen atoms in total. The molecule has 0 radical (unpaired) electrons. The molecule has 1 aliphatic heterocycles.